The second-order valence-corrected chi connectivity index (χ2v) is 6.96. The topological polar surface area (TPSA) is 85.2 Å². The van der Waals surface area contributed by atoms with E-state index in [0.717, 1.165) is 43.0 Å². The van der Waals surface area contributed by atoms with E-state index in [9.17, 15) is 4.79 Å². The molecule has 0 radical (unpaired) electrons. The predicted octanol–water partition coefficient (Wildman–Crippen LogP) is 1.66. The first kappa shape index (κ1) is 18.8. The standard InChI is InChI=1S/C20H24N6O/c1-15(2)24-20(27)14-25-5-7-26(8-6-25)19-9-17(11-22-13-19)16-3-4-18(10-21)23-12-16/h3-4,9,11-13,15H,5-8,14H2,1-2H3,(H,24,27). The van der Waals surface area contributed by atoms with Crippen molar-refractivity contribution >= 4 is 11.6 Å². The van der Waals surface area contributed by atoms with E-state index in [2.05, 4.69) is 31.2 Å². The molecule has 3 rings (SSSR count). The SMILES string of the molecule is CC(C)NC(=O)CN1CCN(c2cncc(-c3ccc(C#N)nc3)c2)CC1. The van der Waals surface area contributed by atoms with Crippen LogP contribution < -0.4 is 10.2 Å². The van der Waals surface area contributed by atoms with Crippen molar-refractivity contribution < 1.29 is 4.79 Å². The average molecular weight is 364 g/mol. The zero-order chi connectivity index (χ0) is 19.2. The Bertz CT molecular complexity index is 819. The van der Waals surface area contributed by atoms with Crippen LogP contribution in [0, 0.1) is 11.3 Å². The fraction of sp³-hybridized carbons (Fsp3) is 0.400. The van der Waals surface area contributed by atoms with Crippen LogP contribution in [-0.4, -0.2) is 59.5 Å². The first-order valence-corrected chi connectivity index (χ1v) is 9.13. The molecule has 0 atom stereocenters. The van der Waals surface area contributed by atoms with Crippen LogP contribution in [0.1, 0.15) is 19.5 Å². The average Bonchev–Trinajstić information content (AvgIpc) is 2.68. The van der Waals surface area contributed by atoms with Crippen molar-refractivity contribution in [3.05, 3.63) is 42.5 Å². The Morgan fingerprint density at radius 3 is 2.59 bits per heavy atom. The highest BCUT2D eigenvalue weighted by molar-refractivity contribution is 5.78. The van der Waals surface area contributed by atoms with Gasteiger partial charge in [0.1, 0.15) is 11.8 Å². The number of nitriles is 1. The Labute approximate surface area is 159 Å². The Kier molecular flexibility index (Phi) is 5.99. The highest BCUT2D eigenvalue weighted by Crippen LogP contribution is 2.24. The van der Waals surface area contributed by atoms with Gasteiger partial charge >= 0.3 is 0 Å². The zero-order valence-electron chi connectivity index (χ0n) is 15.7. The Morgan fingerprint density at radius 1 is 1.19 bits per heavy atom. The van der Waals surface area contributed by atoms with Crippen molar-refractivity contribution in [1.82, 2.24) is 20.2 Å². The molecule has 7 nitrogen and oxygen atoms in total. The van der Waals surface area contributed by atoms with Crippen LogP contribution >= 0.6 is 0 Å². The normalized spacial score (nSPS) is 14.8. The summed E-state index contributed by atoms with van der Waals surface area (Å²) in [6.07, 6.45) is 5.37. The molecule has 3 heterocycles. The third-order valence-electron chi connectivity index (χ3n) is 4.49. The molecule has 1 amide bonds. The van der Waals surface area contributed by atoms with Crippen LogP contribution in [0.5, 0.6) is 0 Å². The number of amides is 1. The molecule has 0 saturated carbocycles. The predicted molar refractivity (Wildman–Crippen MR) is 104 cm³/mol. The van der Waals surface area contributed by atoms with Gasteiger partial charge in [-0.25, -0.2) is 4.98 Å². The van der Waals surface area contributed by atoms with Crippen molar-refractivity contribution in [3.8, 4) is 17.2 Å². The summed E-state index contributed by atoms with van der Waals surface area (Å²) in [6.45, 7) is 7.78. The van der Waals surface area contributed by atoms with Crippen molar-refractivity contribution in [2.24, 2.45) is 0 Å². The highest BCUT2D eigenvalue weighted by Gasteiger charge is 2.20. The number of carbonyl (C=O) groups is 1. The van der Waals surface area contributed by atoms with Gasteiger partial charge in [-0.15, -0.1) is 0 Å². The van der Waals surface area contributed by atoms with Gasteiger partial charge in [-0.1, -0.05) is 0 Å². The number of aromatic nitrogens is 2. The minimum Gasteiger partial charge on any atom is -0.368 e. The lowest BCUT2D eigenvalue weighted by Gasteiger charge is -2.35. The minimum absolute atomic E-state index is 0.0791. The van der Waals surface area contributed by atoms with Crippen LogP contribution in [0.4, 0.5) is 5.69 Å². The largest absolute Gasteiger partial charge is 0.368 e. The van der Waals surface area contributed by atoms with E-state index in [-0.39, 0.29) is 11.9 Å². The minimum atomic E-state index is 0.0791. The van der Waals surface area contributed by atoms with Gasteiger partial charge in [0.25, 0.3) is 0 Å². The lowest BCUT2D eigenvalue weighted by Crippen LogP contribution is -2.50. The summed E-state index contributed by atoms with van der Waals surface area (Å²) in [5.41, 5.74) is 3.37. The quantitative estimate of drug-likeness (QED) is 0.869. The molecule has 27 heavy (non-hydrogen) atoms. The Morgan fingerprint density at radius 2 is 1.96 bits per heavy atom. The van der Waals surface area contributed by atoms with E-state index in [1.807, 2.05) is 32.2 Å². The number of anilines is 1. The fourth-order valence-corrected chi connectivity index (χ4v) is 3.12. The molecule has 1 fully saturated rings. The highest BCUT2D eigenvalue weighted by atomic mass is 16.2. The second kappa shape index (κ2) is 8.60. The van der Waals surface area contributed by atoms with E-state index in [1.165, 1.54) is 0 Å². The third kappa shape index (κ3) is 5.02. The van der Waals surface area contributed by atoms with E-state index in [1.54, 1.807) is 18.5 Å². The summed E-state index contributed by atoms with van der Waals surface area (Å²) in [5, 5.41) is 11.8. The zero-order valence-corrected chi connectivity index (χ0v) is 15.7. The maximum atomic E-state index is 11.9. The van der Waals surface area contributed by atoms with Crippen LogP contribution in [0.2, 0.25) is 0 Å². The van der Waals surface area contributed by atoms with Gasteiger partial charge in [0.2, 0.25) is 5.91 Å². The molecule has 1 aliphatic rings. The summed E-state index contributed by atoms with van der Waals surface area (Å²) in [7, 11) is 0. The molecule has 7 heteroatoms. The lowest BCUT2D eigenvalue weighted by molar-refractivity contribution is -0.122. The third-order valence-corrected chi connectivity index (χ3v) is 4.49. The Hall–Kier alpha value is -2.98. The molecule has 1 saturated heterocycles. The number of pyridine rings is 2. The number of hydrogen-bond acceptors (Lipinski definition) is 6. The van der Waals surface area contributed by atoms with Gasteiger partial charge in [-0.3, -0.25) is 14.7 Å². The van der Waals surface area contributed by atoms with Crippen molar-refractivity contribution in [2.75, 3.05) is 37.6 Å². The first-order chi connectivity index (χ1) is 13.0. The molecule has 0 aliphatic carbocycles. The fourth-order valence-electron chi connectivity index (χ4n) is 3.12. The molecule has 0 aromatic carbocycles. The molecular weight excluding hydrogens is 340 g/mol. The summed E-state index contributed by atoms with van der Waals surface area (Å²) in [6, 6.07) is 7.89. The molecule has 1 aliphatic heterocycles. The van der Waals surface area contributed by atoms with Gasteiger partial charge in [-0.2, -0.15) is 5.26 Å². The molecule has 0 spiro atoms. The summed E-state index contributed by atoms with van der Waals surface area (Å²) >= 11 is 0. The molecular formula is C20H24N6O. The van der Waals surface area contributed by atoms with Gasteiger partial charge in [-0.05, 0) is 32.0 Å². The van der Waals surface area contributed by atoms with E-state index in [0.29, 0.717) is 12.2 Å². The maximum Gasteiger partial charge on any atom is 0.234 e. The number of hydrogen-bond donors (Lipinski definition) is 1. The monoisotopic (exact) mass is 364 g/mol. The van der Waals surface area contributed by atoms with Gasteiger partial charge < -0.3 is 10.2 Å². The van der Waals surface area contributed by atoms with Crippen molar-refractivity contribution in [3.63, 3.8) is 0 Å². The van der Waals surface area contributed by atoms with E-state index >= 15 is 0 Å². The molecule has 0 unspecified atom stereocenters. The molecule has 0 bridgehead atoms. The molecule has 140 valence electrons. The number of carbonyl (C=O) groups excluding carboxylic acids is 1. The number of nitrogens with zero attached hydrogens (tertiary/aromatic N) is 5. The maximum absolute atomic E-state index is 11.9. The first-order valence-electron chi connectivity index (χ1n) is 9.13. The number of rotatable bonds is 5. The van der Waals surface area contributed by atoms with Gasteiger partial charge in [0.15, 0.2) is 0 Å². The Balaban J connectivity index is 1.61. The summed E-state index contributed by atoms with van der Waals surface area (Å²) in [5.74, 6) is 0.0791. The van der Waals surface area contributed by atoms with Crippen LogP contribution in [0.25, 0.3) is 11.1 Å². The van der Waals surface area contributed by atoms with Gasteiger partial charge in [0, 0.05) is 55.7 Å². The number of nitrogens with one attached hydrogen (secondary N) is 1. The molecule has 1 N–H and O–H groups in total. The van der Waals surface area contributed by atoms with E-state index in [4.69, 9.17) is 5.26 Å². The van der Waals surface area contributed by atoms with Crippen molar-refractivity contribution in [2.45, 2.75) is 19.9 Å². The summed E-state index contributed by atoms with van der Waals surface area (Å²) in [4.78, 5) is 24.9. The molecule has 2 aromatic rings. The van der Waals surface area contributed by atoms with Crippen LogP contribution in [-0.2, 0) is 4.79 Å². The second-order valence-electron chi connectivity index (χ2n) is 6.96. The summed E-state index contributed by atoms with van der Waals surface area (Å²) < 4.78 is 0. The van der Waals surface area contributed by atoms with Crippen LogP contribution in [0.15, 0.2) is 36.8 Å². The van der Waals surface area contributed by atoms with Gasteiger partial charge in [0.05, 0.1) is 18.4 Å². The number of piperazine rings is 1. The van der Waals surface area contributed by atoms with Crippen LogP contribution in [0.3, 0.4) is 0 Å². The molecule has 2 aromatic heterocycles. The lowest BCUT2D eigenvalue weighted by atomic mass is 10.1. The van der Waals surface area contributed by atoms with Crippen molar-refractivity contribution in [1.29, 1.82) is 5.26 Å². The smallest absolute Gasteiger partial charge is 0.234 e. The van der Waals surface area contributed by atoms with E-state index < -0.39 is 0 Å².